The predicted octanol–water partition coefficient (Wildman–Crippen LogP) is 7.33. The molecule has 0 atom stereocenters. The van der Waals surface area contributed by atoms with E-state index in [1.165, 1.54) is 70.3 Å². The number of fused-ring (bicyclic) bond motifs is 4. The second-order valence-electron chi connectivity index (χ2n) is 11.4. The number of hydrogen-bond acceptors (Lipinski definition) is 5. The topological polar surface area (TPSA) is 53.1 Å². The van der Waals surface area contributed by atoms with Gasteiger partial charge >= 0.3 is 0 Å². The molecule has 0 aliphatic heterocycles. The van der Waals surface area contributed by atoms with Crippen LogP contribution in [0.15, 0.2) is 61.2 Å². The number of pyridine rings is 2. The van der Waals surface area contributed by atoms with Gasteiger partial charge in [-0.05, 0) is 87.5 Å². The quantitative estimate of drug-likeness (QED) is 0.147. The van der Waals surface area contributed by atoms with Crippen molar-refractivity contribution in [1.29, 1.82) is 0 Å². The third-order valence-corrected chi connectivity index (χ3v) is 8.63. The summed E-state index contributed by atoms with van der Waals surface area (Å²) in [5, 5.41) is 10.2. The van der Waals surface area contributed by atoms with E-state index in [0.29, 0.717) is 0 Å². The molecule has 2 N–H and O–H groups in total. The van der Waals surface area contributed by atoms with Crippen molar-refractivity contribution in [3.63, 3.8) is 0 Å². The Morgan fingerprint density at radius 2 is 1.15 bits per heavy atom. The molecule has 0 bridgehead atoms. The van der Waals surface area contributed by atoms with Gasteiger partial charge in [-0.3, -0.25) is 14.9 Å². The Morgan fingerprint density at radius 1 is 0.675 bits per heavy atom. The molecule has 2 aliphatic rings. The number of hydrogen-bond donors (Lipinski definition) is 2. The summed E-state index contributed by atoms with van der Waals surface area (Å²) in [6.07, 6.45) is 13.8. The predicted molar refractivity (Wildman–Crippen MR) is 170 cm³/mol. The fourth-order valence-electron chi connectivity index (χ4n) is 6.66. The summed E-state index contributed by atoms with van der Waals surface area (Å²) in [5.74, 6) is 0. The minimum absolute atomic E-state index is 0.932. The molecular formula is C35H43N5. The molecule has 2 heterocycles. The maximum atomic E-state index is 4.99. The van der Waals surface area contributed by atoms with Crippen LogP contribution in [0.5, 0.6) is 0 Å². The van der Waals surface area contributed by atoms with Crippen molar-refractivity contribution in [2.45, 2.75) is 64.2 Å². The molecule has 6 rings (SSSR count). The van der Waals surface area contributed by atoms with Gasteiger partial charge in [-0.15, -0.1) is 6.58 Å². The molecule has 2 aliphatic carbocycles. The molecule has 0 unspecified atom stereocenters. The summed E-state index contributed by atoms with van der Waals surface area (Å²) in [7, 11) is 0. The Labute approximate surface area is 239 Å². The van der Waals surface area contributed by atoms with E-state index >= 15 is 0 Å². The van der Waals surface area contributed by atoms with E-state index in [-0.39, 0.29) is 0 Å². The molecule has 0 saturated carbocycles. The van der Waals surface area contributed by atoms with E-state index in [2.05, 4.69) is 70.6 Å². The zero-order valence-electron chi connectivity index (χ0n) is 23.9. The summed E-state index contributed by atoms with van der Waals surface area (Å²) in [5.41, 5.74) is 10.4. The Balaban J connectivity index is 1.04. The smallest absolute Gasteiger partial charge is 0.0726 e. The van der Waals surface area contributed by atoms with Gasteiger partial charge in [0.25, 0.3) is 0 Å². The van der Waals surface area contributed by atoms with Crippen LogP contribution in [-0.2, 0) is 25.7 Å². The molecule has 2 aromatic heterocycles. The van der Waals surface area contributed by atoms with Gasteiger partial charge < -0.3 is 10.6 Å². The number of aromatic nitrogens is 2. The maximum absolute atomic E-state index is 4.99. The Hall–Kier alpha value is -3.44. The molecule has 0 spiro atoms. The first kappa shape index (κ1) is 26.8. The number of benzene rings is 2. The third kappa shape index (κ3) is 5.85. The number of nitrogens with one attached hydrogen (secondary N) is 2. The highest BCUT2D eigenvalue weighted by atomic mass is 15.1. The van der Waals surface area contributed by atoms with E-state index in [9.17, 15) is 0 Å². The van der Waals surface area contributed by atoms with Gasteiger partial charge in [0.05, 0.1) is 11.0 Å². The Bertz CT molecular complexity index is 1370. The SMILES string of the molecule is C=CCN(CCCNc1c2c(nc3ccccc13)CCCC2)CCCNc1c2c(nc3ccccc13)CCCC2. The van der Waals surface area contributed by atoms with E-state index < -0.39 is 0 Å². The summed E-state index contributed by atoms with van der Waals surface area (Å²) in [4.78, 5) is 12.5. The molecular weight excluding hydrogens is 490 g/mol. The van der Waals surface area contributed by atoms with Gasteiger partial charge in [0.15, 0.2) is 0 Å². The first-order chi connectivity index (χ1) is 19.8. The molecule has 0 saturated heterocycles. The lowest BCUT2D eigenvalue weighted by Crippen LogP contribution is -2.29. The molecule has 208 valence electrons. The highest BCUT2D eigenvalue weighted by molar-refractivity contribution is 5.94. The van der Waals surface area contributed by atoms with E-state index in [4.69, 9.17) is 9.97 Å². The number of para-hydroxylation sites is 2. The fourth-order valence-corrected chi connectivity index (χ4v) is 6.66. The van der Waals surface area contributed by atoms with Crippen LogP contribution in [0.25, 0.3) is 21.8 Å². The average molecular weight is 534 g/mol. The number of nitrogens with zero attached hydrogens (tertiary/aromatic N) is 3. The largest absolute Gasteiger partial charge is 0.384 e. The summed E-state index contributed by atoms with van der Waals surface area (Å²) in [6, 6.07) is 17.2. The normalized spacial score (nSPS) is 14.7. The first-order valence-corrected chi connectivity index (χ1v) is 15.4. The van der Waals surface area contributed by atoms with Crippen LogP contribution in [0.4, 0.5) is 11.4 Å². The minimum atomic E-state index is 0.932. The van der Waals surface area contributed by atoms with Crippen molar-refractivity contribution in [1.82, 2.24) is 14.9 Å². The van der Waals surface area contributed by atoms with Gasteiger partial charge in [-0.1, -0.05) is 42.5 Å². The van der Waals surface area contributed by atoms with E-state index in [0.717, 1.165) is 82.3 Å². The number of aryl methyl sites for hydroxylation is 2. The highest BCUT2D eigenvalue weighted by Gasteiger charge is 2.19. The standard InChI is InChI=1S/C35H43N5/c1-2-23-40(24-11-21-36-34-26-13-3-7-17-30(26)38-31-18-8-4-14-27(31)34)25-12-22-37-35-28-15-5-9-19-32(28)39-33-20-10-6-16-29(33)35/h2-3,5,7,9,13,15,17,19H,1,4,6,8,10-12,14,16,18,20-25H2,(H,36,38)(H,37,39). The van der Waals surface area contributed by atoms with E-state index in [1.807, 2.05) is 6.08 Å². The molecule has 0 radical (unpaired) electrons. The van der Waals surface area contributed by atoms with Crippen LogP contribution in [0.3, 0.4) is 0 Å². The zero-order valence-corrected chi connectivity index (χ0v) is 23.9. The number of rotatable bonds is 12. The van der Waals surface area contributed by atoms with Crippen molar-refractivity contribution in [2.24, 2.45) is 0 Å². The van der Waals surface area contributed by atoms with Crippen molar-refractivity contribution >= 4 is 33.2 Å². The zero-order chi connectivity index (χ0) is 27.1. The summed E-state index contributed by atoms with van der Waals surface area (Å²) >= 11 is 0. The monoisotopic (exact) mass is 533 g/mol. The third-order valence-electron chi connectivity index (χ3n) is 8.63. The lowest BCUT2D eigenvalue weighted by molar-refractivity contribution is 0.300. The maximum Gasteiger partial charge on any atom is 0.0726 e. The van der Waals surface area contributed by atoms with Crippen LogP contribution >= 0.6 is 0 Å². The summed E-state index contributed by atoms with van der Waals surface area (Å²) in [6.45, 7) is 9.04. The number of anilines is 2. The highest BCUT2D eigenvalue weighted by Crippen LogP contribution is 2.34. The second-order valence-corrected chi connectivity index (χ2v) is 11.4. The van der Waals surface area contributed by atoms with Crippen LogP contribution in [0.2, 0.25) is 0 Å². The first-order valence-electron chi connectivity index (χ1n) is 15.4. The molecule has 40 heavy (non-hydrogen) atoms. The Kier molecular flexibility index (Phi) is 8.58. The average Bonchev–Trinajstić information content (AvgIpc) is 3.00. The molecule has 5 nitrogen and oxygen atoms in total. The van der Waals surface area contributed by atoms with Crippen molar-refractivity contribution in [3.05, 3.63) is 83.7 Å². The molecule has 4 aromatic rings. The van der Waals surface area contributed by atoms with Gasteiger partial charge in [-0.2, -0.15) is 0 Å². The van der Waals surface area contributed by atoms with Crippen LogP contribution < -0.4 is 10.6 Å². The van der Waals surface area contributed by atoms with Crippen molar-refractivity contribution in [3.8, 4) is 0 Å². The summed E-state index contributed by atoms with van der Waals surface area (Å²) < 4.78 is 0. The van der Waals surface area contributed by atoms with Gasteiger partial charge in [0.1, 0.15) is 0 Å². The molecule has 2 aromatic carbocycles. The second kappa shape index (κ2) is 12.8. The molecule has 5 heteroatoms. The molecule has 0 amide bonds. The Morgan fingerprint density at radius 3 is 1.65 bits per heavy atom. The lowest BCUT2D eigenvalue weighted by Gasteiger charge is -2.24. The fraction of sp³-hybridized carbons (Fsp3) is 0.429. The molecule has 0 fully saturated rings. The van der Waals surface area contributed by atoms with Gasteiger partial charge in [-0.25, -0.2) is 0 Å². The lowest BCUT2D eigenvalue weighted by atomic mass is 9.92. The van der Waals surface area contributed by atoms with Crippen molar-refractivity contribution < 1.29 is 0 Å². The van der Waals surface area contributed by atoms with Crippen LogP contribution in [-0.4, -0.2) is 47.6 Å². The van der Waals surface area contributed by atoms with Gasteiger partial charge in [0.2, 0.25) is 0 Å². The van der Waals surface area contributed by atoms with Crippen LogP contribution in [0.1, 0.15) is 61.0 Å². The van der Waals surface area contributed by atoms with Crippen molar-refractivity contribution in [2.75, 3.05) is 43.4 Å². The van der Waals surface area contributed by atoms with E-state index in [1.54, 1.807) is 0 Å². The van der Waals surface area contributed by atoms with Crippen LogP contribution in [0, 0.1) is 0 Å². The minimum Gasteiger partial charge on any atom is -0.384 e. The van der Waals surface area contributed by atoms with Gasteiger partial charge in [0, 0.05) is 66.3 Å².